The first-order chi connectivity index (χ1) is 24.0. The molecule has 1 aliphatic carbocycles. The van der Waals surface area contributed by atoms with Crippen molar-refractivity contribution in [2.24, 2.45) is 10.8 Å². The SMILES string of the molecule is CCN(CC)C(=O)C1(COc2cc(OCc3cncc(C#N)c3)c(CN3CCCC[C@H]3C(=O)O)cc2Cl)C=CC=C(c2ccccc2)C1(C)C. The molecule has 2 atom stereocenters. The second-order valence-electron chi connectivity index (χ2n) is 13.4. The van der Waals surface area contributed by atoms with Crippen LogP contribution in [0.4, 0.5) is 0 Å². The highest BCUT2D eigenvalue weighted by Gasteiger charge is 2.54. The van der Waals surface area contributed by atoms with Crippen molar-refractivity contribution in [3.05, 3.63) is 106 Å². The molecule has 0 spiro atoms. The van der Waals surface area contributed by atoms with E-state index in [2.05, 4.69) is 43.1 Å². The molecule has 50 heavy (non-hydrogen) atoms. The number of carboxylic acid groups (broad SMARTS) is 1. The van der Waals surface area contributed by atoms with Crippen LogP contribution in [0.3, 0.4) is 0 Å². The molecule has 5 rings (SSSR count). The first-order valence-corrected chi connectivity index (χ1v) is 17.6. The highest BCUT2D eigenvalue weighted by Crippen LogP contribution is 2.53. The van der Waals surface area contributed by atoms with E-state index in [9.17, 15) is 20.0 Å². The van der Waals surface area contributed by atoms with Gasteiger partial charge in [0.1, 0.15) is 42.2 Å². The number of ether oxygens (including phenoxy) is 2. The van der Waals surface area contributed by atoms with Crippen LogP contribution in [-0.4, -0.2) is 64.0 Å². The molecule has 1 aromatic heterocycles. The number of carboxylic acids is 1. The molecule has 262 valence electrons. The molecule has 2 aromatic carbocycles. The molecule has 0 radical (unpaired) electrons. The lowest BCUT2D eigenvalue weighted by atomic mass is 9.58. The molecular formula is C40H45ClN4O5. The Labute approximate surface area is 299 Å². The van der Waals surface area contributed by atoms with Gasteiger partial charge in [-0.1, -0.05) is 80.4 Å². The Hall–Kier alpha value is -4.65. The van der Waals surface area contributed by atoms with E-state index in [1.807, 2.05) is 54.0 Å². The number of carbonyl (C=O) groups is 2. The van der Waals surface area contributed by atoms with Crippen LogP contribution in [-0.2, 0) is 22.7 Å². The molecule has 1 amide bonds. The van der Waals surface area contributed by atoms with E-state index in [1.54, 1.807) is 24.4 Å². The number of aromatic nitrogens is 1. The van der Waals surface area contributed by atoms with Crippen LogP contribution < -0.4 is 9.47 Å². The van der Waals surface area contributed by atoms with Gasteiger partial charge in [0.15, 0.2) is 0 Å². The normalized spacial score (nSPS) is 20.0. The van der Waals surface area contributed by atoms with Crippen molar-refractivity contribution in [3.63, 3.8) is 0 Å². The first kappa shape index (κ1) is 36.6. The molecule has 10 heteroatoms. The predicted molar refractivity (Wildman–Crippen MR) is 194 cm³/mol. The standard InChI is InChI=1S/C40H45ClN4O5/c1-5-44(6-2)38(48)40(17-12-15-32(39(40,3)4)30-13-8-7-9-14-30)27-50-36-21-35(49-26-29-19-28(22-42)23-43-24-29)31(20-33(36)41)25-45-18-11-10-16-34(45)37(46)47/h7-9,12-15,17,19-21,23-24,34H,5-6,10-11,16,18,25-27H2,1-4H3,(H,46,47)/t34-,40?/m0/s1. The van der Waals surface area contributed by atoms with Gasteiger partial charge in [-0.05, 0) is 56.5 Å². The van der Waals surface area contributed by atoms with Crippen LogP contribution >= 0.6 is 11.6 Å². The lowest BCUT2D eigenvalue weighted by Gasteiger charge is -2.48. The van der Waals surface area contributed by atoms with Crippen LogP contribution in [0.25, 0.3) is 5.57 Å². The third kappa shape index (κ3) is 7.57. The van der Waals surface area contributed by atoms with Crippen LogP contribution in [0.2, 0.25) is 5.02 Å². The summed E-state index contributed by atoms with van der Waals surface area (Å²) >= 11 is 6.94. The fourth-order valence-electron chi connectivity index (χ4n) is 7.07. The van der Waals surface area contributed by atoms with E-state index in [0.29, 0.717) is 65.8 Å². The minimum Gasteiger partial charge on any atom is -0.490 e. The number of nitrogens with zero attached hydrogens (tertiary/aromatic N) is 4. The van der Waals surface area contributed by atoms with E-state index in [-0.39, 0.29) is 19.1 Å². The van der Waals surface area contributed by atoms with Gasteiger partial charge in [-0.15, -0.1) is 0 Å². The number of pyridine rings is 1. The average Bonchev–Trinajstić information content (AvgIpc) is 3.12. The van der Waals surface area contributed by atoms with Crippen LogP contribution in [0.5, 0.6) is 11.5 Å². The molecule has 1 unspecified atom stereocenters. The molecule has 1 fully saturated rings. The number of hydrogen-bond donors (Lipinski definition) is 1. The number of hydrogen-bond acceptors (Lipinski definition) is 7. The molecule has 1 N–H and O–H groups in total. The van der Waals surface area contributed by atoms with E-state index >= 15 is 0 Å². The van der Waals surface area contributed by atoms with Gasteiger partial charge in [0, 0.05) is 54.6 Å². The van der Waals surface area contributed by atoms with Crippen LogP contribution in [0, 0.1) is 22.2 Å². The number of likely N-dealkylation sites (tertiary alicyclic amines) is 1. The zero-order valence-electron chi connectivity index (χ0n) is 29.2. The Kier molecular flexibility index (Phi) is 11.7. The second kappa shape index (κ2) is 15.9. The van der Waals surface area contributed by atoms with Crippen molar-refractivity contribution in [2.45, 2.75) is 66.2 Å². The third-order valence-corrected chi connectivity index (χ3v) is 10.4. The molecule has 9 nitrogen and oxygen atoms in total. The van der Waals surface area contributed by atoms with E-state index in [1.165, 1.54) is 6.20 Å². The van der Waals surface area contributed by atoms with E-state index in [0.717, 1.165) is 24.0 Å². The molecule has 0 saturated carbocycles. The number of aliphatic carboxylic acids is 1. The molecule has 1 aliphatic heterocycles. The predicted octanol–water partition coefficient (Wildman–Crippen LogP) is 7.54. The summed E-state index contributed by atoms with van der Waals surface area (Å²) in [5.74, 6) is -0.0829. The lowest BCUT2D eigenvalue weighted by molar-refractivity contribution is -0.146. The zero-order valence-corrected chi connectivity index (χ0v) is 29.9. The van der Waals surface area contributed by atoms with Crippen molar-refractivity contribution in [3.8, 4) is 17.6 Å². The number of nitriles is 1. The second-order valence-corrected chi connectivity index (χ2v) is 13.8. The van der Waals surface area contributed by atoms with E-state index < -0.39 is 22.8 Å². The summed E-state index contributed by atoms with van der Waals surface area (Å²) in [6.45, 7) is 10.3. The molecule has 0 bridgehead atoms. The molecule has 2 aliphatic rings. The minimum absolute atomic E-state index is 0.00978. The molecule has 2 heterocycles. The number of rotatable bonds is 13. The Morgan fingerprint density at radius 3 is 2.54 bits per heavy atom. The smallest absolute Gasteiger partial charge is 0.320 e. The summed E-state index contributed by atoms with van der Waals surface area (Å²) < 4.78 is 12.9. The third-order valence-electron chi connectivity index (χ3n) is 10.1. The summed E-state index contributed by atoms with van der Waals surface area (Å²) in [6.07, 6.45) is 11.4. The van der Waals surface area contributed by atoms with Gasteiger partial charge >= 0.3 is 5.97 Å². The average molecular weight is 697 g/mol. The number of halogens is 1. The van der Waals surface area contributed by atoms with Crippen LogP contribution in [0.15, 0.2) is 79.2 Å². The summed E-state index contributed by atoms with van der Waals surface area (Å²) in [7, 11) is 0. The number of piperidine rings is 1. The number of amides is 1. The molecule has 1 saturated heterocycles. The fourth-order valence-corrected chi connectivity index (χ4v) is 7.31. The quantitative estimate of drug-likeness (QED) is 0.195. The van der Waals surface area contributed by atoms with Gasteiger partial charge in [0.2, 0.25) is 5.91 Å². The summed E-state index contributed by atoms with van der Waals surface area (Å²) in [4.78, 5) is 34.6. The van der Waals surface area contributed by atoms with Gasteiger partial charge in [-0.25, -0.2) is 0 Å². The fraction of sp³-hybridized carbons (Fsp3) is 0.400. The van der Waals surface area contributed by atoms with Gasteiger partial charge in [0.25, 0.3) is 0 Å². The first-order valence-electron chi connectivity index (χ1n) is 17.2. The summed E-state index contributed by atoms with van der Waals surface area (Å²) in [5.41, 5.74) is 2.13. The van der Waals surface area contributed by atoms with Crippen molar-refractivity contribution in [1.82, 2.24) is 14.8 Å². The number of allylic oxidation sites excluding steroid dienone is 3. The lowest BCUT2D eigenvalue weighted by Crippen LogP contribution is -2.55. The topological polar surface area (TPSA) is 116 Å². The number of benzene rings is 2. The summed E-state index contributed by atoms with van der Waals surface area (Å²) in [5, 5.41) is 19.6. The van der Waals surface area contributed by atoms with Crippen molar-refractivity contribution < 1.29 is 24.2 Å². The highest BCUT2D eigenvalue weighted by atomic mass is 35.5. The Morgan fingerprint density at radius 1 is 1.08 bits per heavy atom. The number of carbonyl (C=O) groups excluding carboxylic acids is 1. The van der Waals surface area contributed by atoms with Gasteiger partial charge < -0.3 is 19.5 Å². The van der Waals surface area contributed by atoms with Crippen molar-refractivity contribution in [1.29, 1.82) is 5.26 Å². The van der Waals surface area contributed by atoms with Gasteiger partial charge in [-0.3, -0.25) is 19.5 Å². The van der Waals surface area contributed by atoms with Gasteiger partial charge in [-0.2, -0.15) is 5.26 Å². The molecule has 3 aromatic rings. The maximum Gasteiger partial charge on any atom is 0.320 e. The largest absolute Gasteiger partial charge is 0.490 e. The van der Waals surface area contributed by atoms with Gasteiger partial charge in [0.05, 0.1) is 10.6 Å². The Balaban J connectivity index is 1.52. The monoisotopic (exact) mass is 696 g/mol. The summed E-state index contributed by atoms with van der Waals surface area (Å²) in [6, 6.07) is 16.8. The maximum absolute atomic E-state index is 14.5. The Bertz CT molecular complexity index is 1800. The van der Waals surface area contributed by atoms with E-state index in [4.69, 9.17) is 21.1 Å². The molecular weight excluding hydrogens is 652 g/mol. The Morgan fingerprint density at radius 2 is 1.84 bits per heavy atom. The van der Waals surface area contributed by atoms with Crippen molar-refractivity contribution in [2.75, 3.05) is 26.2 Å². The minimum atomic E-state index is -1.08. The van der Waals surface area contributed by atoms with Crippen LogP contribution in [0.1, 0.15) is 69.2 Å². The van der Waals surface area contributed by atoms with Crippen molar-refractivity contribution >= 4 is 29.1 Å². The highest BCUT2D eigenvalue weighted by molar-refractivity contribution is 6.32. The maximum atomic E-state index is 14.5. The zero-order chi connectivity index (χ0) is 35.9.